The lowest BCUT2D eigenvalue weighted by Gasteiger charge is -2.26. The van der Waals surface area contributed by atoms with Crippen molar-refractivity contribution in [2.45, 2.75) is 39.2 Å². The Labute approximate surface area is 161 Å². The van der Waals surface area contributed by atoms with Crippen LogP contribution in [0.15, 0.2) is 24.3 Å². The van der Waals surface area contributed by atoms with Gasteiger partial charge in [-0.3, -0.25) is 4.79 Å². The molecular weight excluding hydrogens is 356 g/mol. The summed E-state index contributed by atoms with van der Waals surface area (Å²) >= 11 is 1.34. The molecule has 5 nitrogen and oxygen atoms in total. The van der Waals surface area contributed by atoms with Gasteiger partial charge in [-0.05, 0) is 61.9 Å². The van der Waals surface area contributed by atoms with Gasteiger partial charge in [-0.25, -0.2) is 4.98 Å². The highest BCUT2D eigenvalue weighted by Crippen LogP contribution is 2.33. The van der Waals surface area contributed by atoms with Gasteiger partial charge in [-0.1, -0.05) is 12.1 Å². The maximum absolute atomic E-state index is 12.8. The van der Waals surface area contributed by atoms with Crippen molar-refractivity contribution in [3.05, 3.63) is 57.1 Å². The molecule has 2 aromatic heterocycles. The van der Waals surface area contributed by atoms with E-state index in [1.165, 1.54) is 11.3 Å². The molecule has 1 atom stereocenters. The maximum atomic E-state index is 12.8. The number of aryl methyl sites for hydroxylation is 2. The van der Waals surface area contributed by atoms with Crippen LogP contribution in [0.3, 0.4) is 0 Å². The van der Waals surface area contributed by atoms with Gasteiger partial charge >= 0.3 is 0 Å². The molecule has 0 unspecified atom stereocenters. The smallest absolute Gasteiger partial charge is 0.263 e. The summed E-state index contributed by atoms with van der Waals surface area (Å²) in [6, 6.07) is 10.2. The minimum absolute atomic E-state index is 0.0403. The van der Waals surface area contributed by atoms with E-state index in [1.54, 1.807) is 0 Å². The monoisotopic (exact) mass is 376 g/mol. The number of hydrogen-bond donors (Lipinski definition) is 2. The summed E-state index contributed by atoms with van der Waals surface area (Å²) in [7, 11) is 0. The van der Waals surface area contributed by atoms with E-state index in [0.29, 0.717) is 10.6 Å². The second-order valence-electron chi connectivity index (χ2n) is 7.07. The molecule has 0 saturated heterocycles. The molecule has 6 heteroatoms. The zero-order valence-electron chi connectivity index (χ0n) is 15.3. The van der Waals surface area contributed by atoms with Crippen molar-refractivity contribution in [2.75, 3.05) is 5.73 Å². The summed E-state index contributed by atoms with van der Waals surface area (Å²) in [5.74, 6) is -0.144. The van der Waals surface area contributed by atoms with Crippen molar-refractivity contribution in [1.82, 2.24) is 10.3 Å². The number of carbonyl (C=O) groups excluding carboxylic acids is 1. The van der Waals surface area contributed by atoms with Gasteiger partial charge in [-0.2, -0.15) is 5.26 Å². The molecule has 136 valence electrons. The Balaban J connectivity index is 1.56. The van der Waals surface area contributed by atoms with Gasteiger partial charge in [0.25, 0.3) is 5.91 Å². The summed E-state index contributed by atoms with van der Waals surface area (Å²) in [6.45, 7) is 3.89. The van der Waals surface area contributed by atoms with E-state index in [4.69, 9.17) is 5.73 Å². The van der Waals surface area contributed by atoms with Crippen LogP contribution < -0.4 is 11.1 Å². The van der Waals surface area contributed by atoms with Crippen LogP contribution in [-0.4, -0.2) is 16.9 Å². The molecular formula is C21H20N4OS. The molecule has 0 radical (unpaired) electrons. The van der Waals surface area contributed by atoms with Crippen molar-refractivity contribution in [1.29, 1.82) is 5.26 Å². The highest BCUT2D eigenvalue weighted by Gasteiger charge is 2.25. The van der Waals surface area contributed by atoms with Crippen LogP contribution in [0.2, 0.25) is 0 Å². The third kappa shape index (κ3) is 3.04. The SMILES string of the molecule is Cc1ccc2c(N)c(C(=O)N[C@H]3CCc4c(ccc(C)c4C#N)C3)sc2n1. The number of nitriles is 1. The quantitative estimate of drug-likeness (QED) is 0.714. The number of benzene rings is 1. The van der Waals surface area contributed by atoms with E-state index in [9.17, 15) is 10.1 Å². The minimum Gasteiger partial charge on any atom is -0.397 e. The fourth-order valence-electron chi connectivity index (χ4n) is 3.76. The number of pyridine rings is 1. The van der Waals surface area contributed by atoms with Crippen LogP contribution in [0.25, 0.3) is 10.2 Å². The van der Waals surface area contributed by atoms with Gasteiger partial charge in [0.2, 0.25) is 0 Å². The first kappa shape index (κ1) is 17.5. The Hall–Kier alpha value is -2.91. The van der Waals surface area contributed by atoms with E-state index < -0.39 is 0 Å². The average Bonchev–Trinajstić information content (AvgIpc) is 2.97. The van der Waals surface area contributed by atoms with Crippen LogP contribution in [0.5, 0.6) is 0 Å². The molecule has 27 heavy (non-hydrogen) atoms. The molecule has 0 bridgehead atoms. The summed E-state index contributed by atoms with van der Waals surface area (Å²) in [4.78, 5) is 18.6. The molecule has 1 amide bonds. The lowest BCUT2D eigenvalue weighted by Crippen LogP contribution is -2.39. The second-order valence-corrected chi connectivity index (χ2v) is 8.07. The van der Waals surface area contributed by atoms with Crippen LogP contribution >= 0.6 is 11.3 Å². The first-order chi connectivity index (χ1) is 13.0. The number of nitrogen functional groups attached to an aromatic ring is 1. The van der Waals surface area contributed by atoms with E-state index in [0.717, 1.165) is 57.4 Å². The van der Waals surface area contributed by atoms with Crippen molar-refractivity contribution < 1.29 is 4.79 Å². The number of nitrogens with two attached hydrogens (primary N) is 1. The van der Waals surface area contributed by atoms with Crippen LogP contribution in [0, 0.1) is 25.2 Å². The molecule has 1 aliphatic carbocycles. The first-order valence-corrected chi connectivity index (χ1v) is 9.77. The highest BCUT2D eigenvalue weighted by atomic mass is 32.1. The summed E-state index contributed by atoms with van der Waals surface area (Å²) in [5, 5.41) is 13.4. The van der Waals surface area contributed by atoms with E-state index in [1.807, 2.05) is 32.0 Å². The molecule has 0 fully saturated rings. The topological polar surface area (TPSA) is 91.8 Å². The molecule has 3 N–H and O–H groups in total. The number of carbonyl (C=O) groups is 1. The highest BCUT2D eigenvalue weighted by molar-refractivity contribution is 7.21. The molecule has 1 aromatic carbocycles. The normalized spacial score (nSPS) is 16.0. The summed E-state index contributed by atoms with van der Waals surface area (Å²) in [6.07, 6.45) is 2.35. The molecule has 0 spiro atoms. The van der Waals surface area contributed by atoms with Gasteiger partial charge in [-0.15, -0.1) is 11.3 Å². The molecule has 0 saturated carbocycles. The Morgan fingerprint density at radius 3 is 2.93 bits per heavy atom. The minimum atomic E-state index is -0.144. The van der Waals surface area contributed by atoms with Gasteiger partial charge in [0.15, 0.2) is 0 Å². The Kier molecular flexibility index (Phi) is 4.33. The lowest BCUT2D eigenvalue weighted by atomic mass is 9.84. The van der Waals surface area contributed by atoms with Gasteiger partial charge < -0.3 is 11.1 Å². The van der Waals surface area contributed by atoms with Crippen molar-refractivity contribution in [2.24, 2.45) is 0 Å². The number of nitrogens with one attached hydrogen (secondary N) is 1. The standard InChI is InChI=1S/C21H20N4OS/c1-11-3-5-13-9-14(6-8-15(13)17(11)10-22)25-20(26)19-18(23)16-7-4-12(2)24-21(16)27-19/h3-5,7,14H,6,8-9,23H2,1-2H3,(H,25,26)/t14-/m0/s1. The zero-order chi connectivity index (χ0) is 19.1. The van der Waals surface area contributed by atoms with E-state index in [2.05, 4.69) is 22.4 Å². The van der Waals surface area contributed by atoms with Crippen LogP contribution in [0.1, 0.15) is 44.0 Å². The largest absolute Gasteiger partial charge is 0.397 e. The average molecular weight is 376 g/mol. The molecule has 1 aliphatic rings. The van der Waals surface area contributed by atoms with Crippen LogP contribution in [0.4, 0.5) is 5.69 Å². The van der Waals surface area contributed by atoms with Crippen molar-refractivity contribution in [3.8, 4) is 6.07 Å². The lowest BCUT2D eigenvalue weighted by molar-refractivity contribution is 0.0938. The summed E-state index contributed by atoms with van der Waals surface area (Å²) < 4.78 is 0. The predicted octanol–water partition coefficient (Wildman–Crippen LogP) is 3.65. The van der Waals surface area contributed by atoms with Gasteiger partial charge in [0.1, 0.15) is 9.71 Å². The van der Waals surface area contributed by atoms with E-state index >= 15 is 0 Å². The number of nitrogens with zero attached hydrogens (tertiary/aromatic N) is 2. The Morgan fingerprint density at radius 1 is 1.33 bits per heavy atom. The third-order valence-electron chi connectivity index (χ3n) is 5.21. The molecule has 2 heterocycles. The maximum Gasteiger partial charge on any atom is 0.263 e. The number of thiophene rings is 1. The fraction of sp³-hybridized carbons (Fsp3) is 0.286. The van der Waals surface area contributed by atoms with Crippen molar-refractivity contribution >= 4 is 33.1 Å². The fourth-order valence-corrected chi connectivity index (χ4v) is 4.80. The van der Waals surface area contributed by atoms with E-state index in [-0.39, 0.29) is 11.9 Å². The first-order valence-electron chi connectivity index (χ1n) is 8.96. The van der Waals surface area contributed by atoms with Crippen molar-refractivity contribution in [3.63, 3.8) is 0 Å². The molecule has 4 rings (SSSR count). The van der Waals surface area contributed by atoms with Crippen LogP contribution in [-0.2, 0) is 12.8 Å². The number of fused-ring (bicyclic) bond motifs is 2. The number of aromatic nitrogens is 1. The number of amides is 1. The van der Waals surface area contributed by atoms with Gasteiger partial charge in [0, 0.05) is 17.1 Å². The number of hydrogen-bond acceptors (Lipinski definition) is 5. The number of anilines is 1. The molecule has 0 aliphatic heterocycles. The predicted molar refractivity (Wildman–Crippen MR) is 108 cm³/mol. The summed E-state index contributed by atoms with van der Waals surface area (Å²) in [5.41, 5.74) is 11.7. The Morgan fingerprint density at radius 2 is 2.15 bits per heavy atom. The molecule has 3 aromatic rings. The zero-order valence-corrected chi connectivity index (χ0v) is 16.1. The Bertz CT molecular complexity index is 1110. The number of rotatable bonds is 2. The van der Waals surface area contributed by atoms with Gasteiger partial charge in [0.05, 0.1) is 17.3 Å². The third-order valence-corrected chi connectivity index (χ3v) is 6.33. The second kappa shape index (κ2) is 6.67.